The predicted molar refractivity (Wildman–Crippen MR) is 156 cm³/mol. The van der Waals surface area contributed by atoms with E-state index in [2.05, 4.69) is 11.9 Å². The van der Waals surface area contributed by atoms with Gasteiger partial charge in [0.25, 0.3) is 0 Å². The van der Waals surface area contributed by atoms with Crippen molar-refractivity contribution < 1.29 is 23.8 Å². The summed E-state index contributed by atoms with van der Waals surface area (Å²) in [6, 6.07) is 14.6. The number of esters is 1. The van der Waals surface area contributed by atoms with Gasteiger partial charge >= 0.3 is 5.97 Å². The largest absolute Gasteiger partial charge is 0.497 e. The summed E-state index contributed by atoms with van der Waals surface area (Å²) < 4.78 is 16.8. The topological polar surface area (TPSA) is 83.9 Å². The molecule has 0 spiro atoms. The number of carbonyl (C=O) groups is 2. The van der Waals surface area contributed by atoms with E-state index in [9.17, 15) is 9.59 Å². The number of carbonyl (C=O) groups excluding carboxylic acids is 2. The minimum atomic E-state index is -0.618. The van der Waals surface area contributed by atoms with Crippen LogP contribution >= 0.6 is 11.8 Å². The minimum Gasteiger partial charge on any atom is -0.497 e. The van der Waals surface area contributed by atoms with Gasteiger partial charge < -0.3 is 28.9 Å². The standard InChI is InChI=1S/C30H34N4O5S/c1-5-39-29(36)26-27(20-9-7-6-8-10-20)31-30-34(28(26)21-15-23(37-3)18-24(16-21)38-4)22(19-40-30)17-25(35)33-13-11-32(2)12-14-33/h6-10,15-16,18-19,28H,5,11-14,17H2,1-4H3/t28-/m0/s1. The van der Waals surface area contributed by atoms with Crippen molar-refractivity contribution in [2.24, 2.45) is 4.99 Å². The van der Waals surface area contributed by atoms with Gasteiger partial charge in [0.05, 0.1) is 44.6 Å². The lowest BCUT2D eigenvalue weighted by atomic mass is 9.91. The summed E-state index contributed by atoms with van der Waals surface area (Å²) >= 11 is 1.45. The Morgan fingerprint density at radius 2 is 1.68 bits per heavy atom. The molecule has 2 aromatic rings. The summed E-state index contributed by atoms with van der Waals surface area (Å²) in [5.41, 5.74) is 3.30. The number of piperazine rings is 1. The van der Waals surface area contributed by atoms with E-state index in [4.69, 9.17) is 19.2 Å². The Morgan fingerprint density at radius 3 is 2.30 bits per heavy atom. The molecule has 0 radical (unpaired) electrons. The third-order valence-electron chi connectivity index (χ3n) is 7.23. The smallest absolute Gasteiger partial charge is 0.338 e. The van der Waals surface area contributed by atoms with Gasteiger partial charge in [0.2, 0.25) is 5.91 Å². The first-order valence-electron chi connectivity index (χ1n) is 13.3. The Balaban J connectivity index is 1.62. The van der Waals surface area contributed by atoms with Crippen LogP contribution in [0, 0.1) is 0 Å². The van der Waals surface area contributed by atoms with Crippen molar-refractivity contribution in [2.75, 3.05) is 54.1 Å². The number of hydrogen-bond acceptors (Lipinski definition) is 9. The molecule has 0 unspecified atom stereocenters. The maximum absolute atomic E-state index is 13.7. The van der Waals surface area contributed by atoms with E-state index >= 15 is 0 Å². The Hall–Kier alpha value is -3.76. The molecule has 1 atom stereocenters. The number of ether oxygens (including phenoxy) is 3. The van der Waals surface area contributed by atoms with Gasteiger partial charge in [-0.05, 0) is 37.1 Å². The molecule has 0 N–H and O–H groups in total. The van der Waals surface area contributed by atoms with Crippen LogP contribution in [0.5, 0.6) is 11.5 Å². The molecule has 3 aliphatic rings. The fourth-order valence-electron chi connectivity index (χ4n) is 5.11. The lowest BCUT2D eigenvalue weighted by Crippen LogP contribution is -2.47. The molecule has 5 rings (SSSR count). The second-order valence-electron chi connectivity index (χ2n) is 9.75. The van der Waals surface area contributed by atoms with Crippen molar-refractivity contribution in [3.63, 3.8) is 0 Å². The van der Waals surface area contributed by atoms with Crippen LogP contribution in [0.2, 0.25) is 0 Å². The molecule has 9 nitrogen and oxygen atoms in total. The summed E-state index contributed by atoms with van der Waals surface area (Å²) in [5.74, 6) is 0.777. The third-order valence-corrected chi connectivity index (χ3v) is 8.12. The summed E-state index contributed by atoms with van der Waals surface area (Å²) in [5, 5.41) is 2.66. The first kappa shape index (κ1) is 27.8. The van der Waals surface area contributed by atoms with Crippen LogP contribution in [0.4, 0.5) is 0 Å². The van der Waals surface area contributed by atoms with Crippen LogP contribution in [-0.2, 0) is 14.3 Å². The predicted octanol–water partition coefficient (Wildman–Crippen LogP) is 4.14. The summed E-state index contributed by atoms with van der Waals surface area (Å²) in [4.78, 5) is 38.3. The molecule has 40 heavy (non-hydrogen) atoms. The van der Waals surface area contributed by atoms with Gasteiger partial charge in [-0.1, -0.05) is 42.1 Å². The average Bonchev–Trinajstić information content (AvgIpc) is 3.38. The van der Waals surface area contributed by atoms with E-state index in [-0.39, 0.29) is 18.9 Å². The number of benzene rings is 2. The molecule has 210 valence electrons. The first-order chi connectivity index (χ1) is 19.4. The summed E-state index contributed by atoms with van der Waals surface area (Å²) in [6.07, 6.45) is 0.199. The van der Waals surface area contributed by atoms with Gasteiger partial charge in [-0.2, -0.15) is 0 Å². The molecule has 2 aromatic carbocycles. The van der Waals surface area contributed by atoms with E-state index in [1.54, 1.807) is 27.2 Å². The Kier molecular flexibility index (Phi) is 8.46. The van der Waals surface area contributed by atoms with Crippen LogP contribution in [0.1, 0.15) is 30.5 Å². The quantitative estimate of drug-likeness (QED) is 0.444. The summed E-state index contributed by atoms with van der Waals surface area (Å²) in [7, 11) is 5.25. The molecule has 1 fully saturated rings. The average molecular weight is 563 g/mol. The Morgan fingerprint density at radius 1 is 1.00 bits per heavy atom. The van der Waals surface area contributed by atoms with Crippen molar-refractivity contribution in [2.45, 2.75) is 19.4 Å². The Labute approximate surface area is 239 Å². The lowest BCUT2D eigenvalue weighted by molar-refractivity contribution is -0.139. The molecule has 1 amide bonds. The van der Waals surface area contributed by atoms with Gasteiger partial charge in [0.1, 0.15) is 11.5 Å². The summed E-state index contributed by atoms with van der Waals surface area (Å²) in [6.45, 7) is 5.08. The number of nitrogens with zero attached hydrogens (tertiary/aromatic N) is 4. The number of amides is 1. The molecular formula is C30H34N4O5S. The molecule has 0 aliphatic carbocycles. The minimum absolute atomic E-state index is 0.0543. The van der Waals surface area contributed by atoms with Crippen molar-refractivity contribution in [1.82, 2.24) is 14.7 Å². The fourth-order valence-corrected chi connectivity index (χ4v) is 6.03. The van der Waals surface area contributed by atoms with Crippen LogP contribution in [0.15, 0.2) is 70.2 Å². The highest BCUT2D eigenvalue weighted by molar-refractivity contribution is 8.16. The number of amidine groups is 1. The SMILES string of the molecule is CCOC(=O)C1=C(c2ccccc2)N=C2SC=C(CC(=O)N3CCN(C)CC3)N2[C@H]1c1cc(OC)cc(OC)c1. The van der Waals surface area contributed by atoms with Crippen molar-refractivity contribution in [1.29, 1.82) is 0 Å². The molecule has 3 aliphatic heterocycles. The van der Waals surface area contributed by atoms with Gasteiger partial charge in [0, 0.05) is 43.5 Å². The van der Waals surface area contributed by atoms with Gasteiger partial charge in [0.15, 0.2) is 5.17 Å². The third kappa shape index (κ3) is 5.59. The highest BCUT2D eigenvalue weighted by atomic mass is 32.2. The molecule has 1 saturated heterocycles. The number of likely N-dealkylation sites (N-methyl/N-ethyl adjacent to an activating group) is 1. The molecule has 0 bridgehead atoms. The van der Waals surface area contributed by atoms with E-state index in [1.807, 2.05) is 57.7 Å². The van der Waals surface area contributed by atoms with E-state index in [0.29, 0.717) is 41.0 Å². The zero-order valence-electron chi connectivity index (χ0n) is 23.3. The molecule has 10 heteroatoms. The van der Waals surface area contributed by atoms with Crippen LogP contribution in [0.3, 0.4) is 0 Å². The van der Waals surface area contributed by atoms with Crippen LogP contribution in [0.25, 0.3) is 5.70 Å². The number of hydrogen-bond donors (Lipinski definition) is 0. The lowest BCUT2D eigenvalue weighted by Gasteiger charge is -2.38. The second kappa shape index (κ2) is 12.2. The molecule has 0 aromatic heterocycles. The fraction of sp³-hybridized carbons (Fsp3) is 0.367. The van der Waals surface area contributed by atoms with Gasteiger partial charge in [-0.15, -0.1) is 0 Å². The maximum Gasteiger partial charge on any atom is 0.338 e. The van der Waals surface area contributed by atoms with Gasteiger partial charge in [-0.25, -0.2) is 9.79 Å². The number of fused-ring (bicyclic) bond motifs is 1. The van der Waals surface area contributed by atoms with E-state index < -0.39 is 12.0 Å². The van der Waals surface area contributed by atoms with Gasteiger partial charge in [-0.3, -0.25) is 4.79 Å². The maximum atomic E-state index is 13.7. The molecule has 0 saturated carbocycles. The van der Waals surface area contributed by atoms with E-state index in [0.717, 1.165) is 29.9 Å². The molecular weight excluding hydrogens is 528 g/mol. The number of rotatable bonds is 8. The van der Waals surface area contributed by atoms with Crippen LogP contribution < -0.4 is 9.47 Å². The zero-order valence-corrected chi connectivity index (χ0v) is 24.1. The monoisotopic (exact) mass is 562 g/mol. The highest BCUT2D eigenvalue weighted by Crippen LogP contribution is 2.48. The second-order valence-corrected chi connectivity index (χ2v) is 10.6. The number of thioether (sulfide) groups is 1. The van der Waals surface area contributed by atoms with Crippen molar-refractivity contribution in [3.05, 3.63) is 76.3 Å². The number of aliphatic imine (C=N–C) groups is 1. The normalized spacial score (nSPS) is 19.1. The first-order valence-corrected chi connectivity index (χ1v) is 14.2. The molecule has 3 heterocycles. The van der Waals surface area contributed by atoms with Crippen molar-refractivity contribution >= 4 is 34.5 Å². The highest BCUT2D eigenvalue weighted by Gasteiger charge is 2.43. The Bertz CT molecular complexity index is 1340. The van der Waals surface area contributed by atoms with E-state index in [1.165, 1.54) is 11.8 Å². The van der Waals surface area contributed by atoms with Crippen molar-refractivity contribution in [3.8, 4) is 11.5 Å². The number of methoxy groups -OCH3 is 2. The van der Waals surface area contributed by atoms with Crippen LogP contribution in [-0.4, -0.2) is 85.8 Å². The zero-order chi connectivity index (χ0) is 28.2.